The first kappa shape index (κ1) is 15.6. The van der Waals surface area contributed by atoms with E-state index in [9.17, 15) is 0 Å². The van der Waals surface area contributed by atoms with Crippen molar-refractivity contribution in [3.05, 3.63) is 35.4 Å². The molecule has 1 aliphatic rings. The molecule has 0 heterocycles. The Bertz CT molecular complexity index is 395. The highest BCUT2D eigenvalue weighted by Gasteiger charge is 2.27. The SMILES string of the molecule is CCCc1ccc(C(C)NC2CCCC(C)C2C)cc1. The van der Waals surface area contributed by atoms with Crippen LogP contribution in [0.5, 0.6) is 0 Å². The van der Waals surface area contributed by atoms with Crippen LogP contribution in [-0.4, -0.2) is 6.04 Å². The van der Waals surface area contributed by atoms with Gasteiger partial charge in [-0.3, -0.25) is 0 Å². The molecule has 0 aromatic heterocycles. The average molecular weight is 273 g/mol. The van der Waals surface area contributed by atoms with Crippen LogP contribution < -0.4 is 5.32 Å². The van der Waals surface area contributed by atoms with Crippen LogP contribution >= 0.6 is 0 Å². The number of nitrogens with one attached hydrogen (secondary N) is 1. The van der Waals surface area contributed by atoms with Gasteiger partial charge in [-0.05, 0) is 42.7 Å². The summed E-state index contributed by atoms with van der Waals surface area (Å²) >= 11 is 0. The average Bonchev–Trinajstić information content (AvgIpc) is 2.45. The van der Waals surface area contributed by atoms with Gasteiger partial charge in [-0.15, -0.1) is 0 Å². The third-order valence-corrected chi connectivity index (χ3v) is 5.19. The summed E-state index contributed by atoms with van der Waals surface area (Å²) in [6.07, 6.45) is 6.54. The summed E-state index contributed by atoms with van der Waals surface area (Å²) in [6, 6.07) is 10.3. The number of hydrogen-bond donors (Lipinski definition) is 1. The van der Waals surface area contributed by atoms with Gasteiger partial charge in [0.25, 0.3) is 0 Å². The summed E-state index contributed by atoms with van der Waals surface area (Å²) in [5, 5.41) is 3.87. The summed E-state index contributed by atoms with van der Waals surface area (Å²) in [4.78, 5) is 0. The van der Waals surface area contributed by atoms with Gasteiger partial charge in [0, 0.05) is 12.1 Å². The molecule has 1 aliphatic carbocycles. The van der Waals surface area contributed by atoms with Crippen LogP contribution in [0.15, 0.2) is 24.3 Å². The zero-order valence-corrected chi connectivity index (χ0v) is 13.7. The fourth-order valence-electron chi connectivity index (χ4n) is 3.50. The summed E-state index contributed by atoms with van der Waals surface area (Å²) in [5.41, 5.74) is 2.89. The third-order valence-electron chi connectivity index (χ3n) is 5.19. The predicted octanol–water partition coefficient (Wildman–Crippen LogP) is 5.11. The highest BCUT2D eigenvalue weighted by atomic mass is 15.0. The van der Waals surface area contributed by atoms with Crippen molar-refractivity contribution in [1.29, 1.82) is 0 Å². The third kappa shape index (κ3) is 3.85. The Hall–Kier alpha value is -0.820. The maximum atomic E-state index is 3.87. The van der Waals surface area contributed by atoms with Crippen LogP contribution in [0.4, 0.5) is 0 Å². The molecule has 1 aromatic carbocycles. The van der Waals surface area contributed by atoms with Crippen LogP contribution in [0, 0.1) is 11.8 Å². The molecule has 0 aliphatic heterocycles. The molecule has 0 bridgehead atoms. The van der Waals surface area contributed by atoms with E-state index >= 15 is 0 Å². The standard InChI is InChI=1S/C19H31N/c1-5-7-17-10-12-18(13-11-17)16(4)20-19-9-6-8-14(2)15(19)3/h10-16,19-20H,5-9H2,1-4H3. The Morgan fingerprint density at radius 1 is 1.15 bits per heavy atom. The van der Waals surface area contributed by atoms with E-state index in [-0.39, 0.29) is 0 Å². The highest BCUT2D eigenvalue weighted by molar-refractivity contribution is 5.25. The Labute approximate surface area is 125 Å². The lowest BCUT2D eigenvalue weighted by molar-refractivity contribution is 0.196. The topological polar surface area (TPSA) is 12.0 Å². The van der Waals surface area contributed by atoms with Gasteiger partial charge in [-0.2, -0.15) is 0 Å². The molecular formula is C19H31N. The summed E-state index contributed by atoms with van der Waals surface area (Å²) in [7, 11) is 0. The number of hydrogen-bond acceptors (Lipinski definition) is 1. The molecule has 20 heavy (non-hydrogen) atoms. The number of benzene rings is 1. The second kappa shape index (κ2) is 7.26. The molecule has 1 N–H and O–H groups in total. The largest absolute Gasteiger partial charge is 0.307 e. The van der Waals surface area contributed by atoms with Crippen LogP contribution in [0.25, 0.3) is 0 Å². The molecule has 0 spiro atoms. The first-order valence-electron chi connectivity index (χ1n) is 8.46. The summed E-state index contributed by atoms with van der Waals surface area (Å²) in [5.74, 6) is 1.66. The molecular weight excluding hydrogens is 242 g/mol. The lowest BCUT2D eigenvalue weighted by Crippen LogP contribution is -2.41. The Kier molecular flexibility index (Phi) is 5.65. The van der Waals surface area contributed by atoms with Crippen molar-refractivity contribution in [2.24, 2.45) is 11.8 Å². The molecule has 0 saturated heterocycles. The van der Waals surface area contributed by atoms with E-state index in [1.165, 1.54) is 43.2 Å². The highest BCUT2D eigenvalue weighted by Crippen LogP contribution is 2.31. The second-order valence-corrected chi connectivity index (χ2v) is 6.75. The molecule has 2 rings (SSSR count). The lowest BCUT2D eigenvalue weighted by atomic mass is 9.77. The van der Waals surface area contributed by atoms with Crippen molar-refractivity contribution >= 4 is 0 Å². The van der Waals surface area contributed by atoms with Gasteiger partial charge in [0.05, 0.1) is 0 Å². The van der Waals surface area contributed by atoms with E-state index in [2.05, 4.69) is 57.3 Å². The fraction of sp³-hybridized carbons (Fsp3) is 0.684. The molecule has 1 heteroatoms. The van der Waals surface area contributed by atoms with Crippen molar-refractivity contribution < 1.29 is 0 Å². The molecule has 112 valence electrons. The van der Waals surface area contributed by atoms with E-state index < -0.39 is 0 Å². The van der Waals surface area contributed by atoms with Crippen LogP contribution in [0.1, 0.15) is 70.5 Å². The van der Waals surface area contributed by atoms with Crippen molar-refractivity contribution in [3.63, 3.8) is 0 Å². The summed E-state index contributed by atoms with van der Waals surface area (Å²) < 4.78 is 0. The molecule has 1 nitrogen and oxygen atoms in total. The van der Waals surface area contributed by atoms with E-state index in [4.69, 9.17) is 0 Å². The van der Waals surface area contributed by atoms with Crippen molar-refractivity contribution in [3.8, 4) is 0 Å². The maximum absolute atomic E-state index is 3.87. The fourth-order valence-corrected chi connectivity index (χ4v) is 3.50. The molecule has 4 atom stereocenters. The van der Waals surface area contributed by atoms with Gasteiger partial charge >= 0.3 is 0 Å². The van der Waals surface area contributed by atoms with Gasteiger partial charge in [-0.1, -0.05) is 64.3 Å². The first-order valence-corrected chi connectivity index (χ1v) is 8.46. The zero-order valence-electron chi connectivity index (χ0n) is 13.7. The van der Waals surface area contributed by atoms with Crippen LogP contribution in [0.3, 0.4) is 0 Å². The second-order valence-electron chi connectivity index (χ2n) is 6.75. The van der Waals surface area contributed by atoms with Gasteiger partial charge in [0.2, 0.25) is 0 Å². The van der Waals surface area contributed by atoms with E-state index in [1.54, 1.807) is 0 Å². The Morgan fingerprint density at radius 3 is 2.50 bits per heavy atom. The quantitative estimate of drug-likeness (QED) is 0.785. The van der Waals surface area contributed by atoms with Crippen molar-refractivity contribution in [2.75, 3.05) is 0 Å². The van der Waals surface area contributed by atoms with Gasteiger partial charge in [-0.25, -0.2) is 0 Å². The van der Waals surface area contributed by atoms with Gasteiger partial charge < -0.3 is 5.32 Å². The first-order chi connectivity index (χ1) is 9.61. The molecule has 0 amide bonds. The maximum Gasteiger partial charge on any atom is 0.0294 e. The van der Waals surface area contributed by atoms with E-state index in [0.717, 1.165) is 11.8 Å². The number of rotatable bonds is 5. The molecule has 1 aromatic rings. The van der Waals surface area contributed by atoms with E-state index in [1.807, 2.05) is 0 Å². The van der Waals surface area contributed by atoms with Crippen molar-refractivity contribution in [2.45, 2.75) is 71.9 Å². The Balaban J connectivity index is 1.95. The Morgan fingerprint density at radius 2 is 1.85 bits per heavy atom. The minimum atomic E-state index is 0.462. The minimum Gasteiger partial charge on any atom is -0.307 e. The normalized spacial score (nSPS) is 28.3. The van der Waals surface area contributed by atoms with Crippen LogP contribution in [-0.2, 0) is 6.42 Å². The molecule has 0 radical (unpaired) electrons. The number of aryl methyl sites for hydroxylation is 1. The van der Waals surface area contributed by atoms with Gasteiger partial charge in [0.15, 0.2) is 0 Å². The smallest absolute Gasteiger partial charge is 0.0294 e. The lowest BCUT2D eigenvalue weighted by Gasteiger charge is -2.36. The monoisotopic (exact) mass is 273 g/mol. The minimum absolute atomic E-state index is 0.462. The van der Waals surface area contributed by atoms with Gasteiger partial charge in [0.1, 0.15) is 0 Å². The molecule has 4 unspecified atom stereocenters. The van der Waals surface area contributed by atoms with Crippen LogP contribution in [0.2, 0.25) is 0 Å². The van der Waals surface area contributed by atoms with Crippen molar-refractivity contribution in [1.82, 2.24) is 5.32 Å². The predicted molar refractivity (Wildman–Crippen MR) is 88.0 cm³/mol. The zero-order chi connectivity index (χ0) is 14.5. The summed E-state index contributed by atoms with van der Waals surface area (Å²) in [6.45, 7) is 9.37. The molecule has 1 fully saturated rings. The molecule has 1 saturated carbocycles. The van der Waals surface area contributed by atoms with E-state index in [0.29, 0.717) is 12.1 Å².